The van der Waals surface area contributed by atoms with Crippen LogP contribution in [-0.2, 0) is 6.54 Å². The van der Waals surface area contributed by atoms with Crippen molar-refractivity contribution in [2.75, 3.05) is 5.73 Å². The molecule has 13 heavy (non-hydrogen) atoms. The summed E-state index contributed by atoms with van der Waals surface area (Å²) in [5.74, 6) is -0.143. The average Bonchev–Trinajstić information content (AvgIpc) is 2.07. The molecule has 1 aromatic heterocycles. The summed E-state index contributed by atoms with van der Waals surface area (Å²) in [5, 5.41) is 0. The van der Waals surface area contributed by atoms with E-state index in [2.05, 4.69) is 4.98 Å². The normalized spacial score (nSPS) is 10.8. The topological polar surface area (TPSA) is 64.9 Å². The summed E-state index contributed by atoms with van der Waals surface area (Å²) >= 11 is 1.90. The summed E-state index contributed by atoms with van der Waals surface area (Å²) in [6, 6.07) is 0. The second-order valence-corrected chi connectivity index (χ2v) is 3.55. The van der Waals surface area contributed by atoms with E-state index in [-0.39, 0.29) is 17.9 Å². The number of anilines is 1. The Kier molecular flexibility index (Phi) is 3.37. The second kappa shape index (κ2) is 4.14. The first-order chi connectivity index (χ1) is 6.07. The van der Waals surface area contributed by atoms with Crippen molar-refractivity contribution >= 4 is 28.4 Å². The maximum atomic E-state index is 12.5. The van der Waals surface area contributed by atoms with Crippen LogP contribution in [0.2, 0.25) is 0 Å². The molecule has 1 rings (SSSR count). The Morgan fingerprint density at radius 1 is 1.54 bits per heavy atom. The van der Waals surface area contributed by atoms with Crippen molar-refractivity contribution in [1.82, 2.24) is 4.98 Å². The van der Waals surface area contributed by atoms with Gasteiger partial charge in [-0.3, -0.25) is 0 Å². The van der Waals surface area contributed by atoms with E-state index in [0.717, 1.165) is 0 Å². The fraction of sp³-hybridized carbons (Fsp3) is 0.286. The Bertz CT molecular complexity index is 317. The third-order valence-electron chi connectivity index (χ3n) is 1.63. The molecule has 0 spiro atoms. The van der Waals surface area contributed by atoms with Gasteiger partial charge in [-0.2, -0.15) is 0 Å². The Balaban J connectivity index is 3.35. The number of nitrogens with zero attached hydrogens (tertiary/aromatic N) is 1. The lowest BCUT2D eigenvalue weighted by molar-refractivity contribution is 0.150. The summed E-state index contributed by atoms with van der Waals surface area (Å²) in [4.78, 5) is 3.64. The number of aromatic nitrogens is 1. The maximum absolute atomic E-state index is 12.5. The molecule has 1 heterocycles. The summed E-state index contributed by atoms with van der Waals surface area (Å²) < 4.78 is 25.6. The molecule has 3 nitrogen and oxygen atoms in total. The van der Waals surface area contributed by atoms with Crippen molar-refractivity contribution < 1.29 is 8.78 Å². The Labute approximate surface area is 87.7 Å². The van der Waals surface area contributed by atoms with Crippen molar-refractivity contribution in [3.8, 4) is 0 Å². The van der Waals surface area contributed by atoms with E-state index >= 15 is 0 Å². The van der Waals surface area contributed by atoms with Gasteiger partial charge in [-0.25, -0.2) is 13.8 Å². The van der Waals surface area contributed by atoms with Crippen molar-refractivity contribution in [3.63, 3.8) is 0 Å². The zero-order chi connectivity index (χ0) is 10.0. The third kappa shape index (κ3) is 2.05. The first kappa shape index (κ1) is 10.6. The fourth-order valence-electron chi connectivity index (χ4n) is 1.01. The molecule has 6 heteroatoms. The van der Waals surface area contributed by atoms with Crippen molar-refractivity contribution in [3.05, 3.63) is 20.9 Å². The molecule has 0 unspecified atom stereocenters. The zero-order valence-corrected chi connectivity index (χ0v) is 8.76. The Morgan fingerprint density at radius 3 is 2.54 bits per heavy atom. The number of pyridine rings is 1. The van der Waals surface area contributed by atoms with Gasteiger partial charge in [0.1, 0.15) is 5.82 Å². The van der Waals surface area contributed by atoms with Gasteiger partial charge in [0.15, 0.2) is 0 Å². The second-order valence-electron chi connectivity index (χ2n) is 2.39. The van der Waals surface area contributed by atoms with E-state index in [1.165, 1.54) is 6.20 Å². The quantitative estimate of drug-likeness (QED) is 0.816. The van der Waals surface area contributed by atoms with Crippen molar-refractivity contribution in [2.45, 2.75) is 13.0 Å². The highest BCUT2D eigenvalue weighted by Crippen LogP contribution is 2.29. The largest absolute Gasteiger partial charge is 0.383 e. The van der Waals surface area contributed by atoms with E-state index in [1.807, 2.05) is 22.6 Å². The van der Waals surface area contributed by atoms with Crippen LogP contribution in [0.3, 0.4) is 0 Å². The predicted molar refractivity (Wildman–Crippen MR) is 54.2 cm³/mol. The molecule has 72 valence electrons. The SMILES string of the molecule is NCc1c(I)cnc(N)c1C(F)F. The molecule has 0 bridgehead atoms. The number of hydrogen-bond donors (Lipinski definition) is 2. The molecule has 1 aromatic rings. The summed E-state index contributed by atoms with van der Waals surface area (Å²) in [7, 11) is 0. The molecule has 0 atom stereocenters. The van der Waals surface area contributed by atoms with Crippen LogP contribution in [0.4, 0.5) is 14.6 Å². The van der Waals surface area contributed by atoms with E-state index in [9.17, 15) is 8.78 Å². The van der Waals surface area contributed by atoms with Gasteiger partial charge >= 0.3 is 0 Å². The third-order valence-corrected chi connectivity index (χ3v) is 2.56. The molecule has 0 amide bonds. The highest BCUT2D eigenvalue weighted by atomic mass is 127. The molecule has 0 radical (unpaired) electrons. The van der Waals surface area contributed by atoms with Crippen LogP contribution in [0.25, 0.3) is 0 Å². The number of alkyl halides is 2. The zero-order valence-electron chi connectivity index (χ0n) is 6.60. The van der Waals surface area contributed by atoms with Gasteiger partial charge < -0.3 is 11.5 Å². The average molecular weight is 299 g/mol. The minimum absolute atomic E-state index is 0.0463. The van der Waals surface area contributed by atoms with Gasteiger partial charge in [-0.05, 0) is 28.2 Å². The van der Waals surface area contributed by atoms with Crippen molar-refractivity contribution in [1.29, 1.82) is 0 Å². The molecule has 0 saturated carbocycles. The van der Waals surface area contributed by atoms with Gasteiger partial charge in [-0.1, -0.05) is 0 Å². The first-order valence-electron chi connectivity index (χ1n) is 3.49. The van der Waals surface area contributed by atoms with Gasteiger partial charge in [0.2, 0.25) is 0 Å². The van der Waals surface area contributed by atoms with Crippen LogP contribution in [-0.4, -0.2) is 4.98 Å². The van der Waals surface area contributed by atoms with Crippen LogP contribution < -0.4 is 11.5 Å². The van der Waals surface area contributed by atoms with Gasteiger partial charge in [-0.15, -0.1) is 0 Å². The number of halogens is 3. The lowest BCUT2D eigenvalue weighted by Crippen LogP contribution is -2.09. The van der Waals surface area contributed by atoms with Gasteiger partial charge in [0.25, 0.3) is 6.43 Å². The Morgan fingerprint density at radius 2 is 2.15 bits per heavy atom. The maximum Gasteiger partial charge on any atom is 0.267 e. The van der Waals surface area contributed by atoms with Crippen LogP contribution in [0.15, 0.2) is 6.20 Å². The Hall–Kier alpha value is -0.500. The molecule has 0 aromatic carbocycles. The fourth-order valence-corrected chi connectivity index (χ4v) is 1.66. The van der Waals surface area contributed by atoms with Crippen LogP contribution in [0, 0.1) is 3.57 Å². The number of nitrogens with two attached hydrogens (primary N) is 2. The van der Waals surface area contributed by atoms with Crippen molar-refractivity contribution in [2.24, 2.45) is 5.73 Å². The lowest BCUT2D eigenvalue weighted by atomic mass is 10.1. The first-order valence-corrected chi connectivity index (χ1v) is 4.56. The summed E-state index contributed by atoms with van der Waals surface area (Å²) in [6.45, 7) is 0.0463. The monoisotopic (exact) mass is 299 g/mol. The minimum atomic E-state index is -2.62. The van der Waals surface area contributed by atoms with Crippen LogP contribution in [0.5, 0.6) is 0 Å². The highest BCUT2D eigenvalue weighted by Gasteiger charge is 2.18. The summed E-state index contributed by atoms with van der Waals surface area (Å²) in [6.07, 6.45) is -1.19. The molecule has 4 N–H and O–H groups in total. The van der Waals surface area contributed by atoms with E-state index in [0.29, 0.717) is 9.13 Å². The lowest BCUT2D eigenvalue weighted by Gasteiger charge is -2.10. The number of hydrogen-bond acceptors (Lipinski definition) is 3. The van der Waals surface area contributed by atoms with Gasteiger partial charge in [0, 0.05) is 16.3 Å². The van der Waals surface area contributed by atoms with E-state index in [4.69, 9.17) is 11.5 Å². The molecular formula is C7H8F2IN3. The van der Waals surface area contributed by atoms with E-state index < -0.39 is 6.43 Å². The molecular weight excluding hydrogens is 291 g/mol. The minimum Gasteiger partial charge on any atom is -0.383 e. The standard InChI is InChI=1S/C7H8F2IN3/c8-6(9)5-3(1-11)4(10)2-13-7(5)12/h2,6H,1,11H2,(H2,12,13). The number of nitrogen functional groups attached to an aromatic ring is 1. The van der Waals surface area contributed by atoms with E-state index in [1.54, 1.807) is 0 Å². The molecule has 0 aliphatic heterocycles. The molecule has 0 saturated heterocycles. The smallest absolute Gasteiger partial charge is 0.267 e. The molecule has 0 aliphatic rings. The predicted octanol–water partition coefficient (Wildman–Crippen LogP) is 1.66. The van der Waals surface area contributed by atoms with Crippen LogP contribution >= 0.6 is 22.6 Å². The summed E-state index contributed by atoms with van der Waals surface area (Å²) in [5.41, 5.74) is 10.8. The molecule has 0 fully saturated rings. The van der Waals surface area contributed by atoms with Crippen LogP contribution in [0.1, 0.15) is 17.6 Å². The highest BCUT2D eigenvalue weighted by molar-refractivity contribution is 14.1. The number of rotatable bonds is 2. The van der Waals surface area contributed by atoms with Gasteiger partial charge in [0.05, 0.1) is 5.56 Å². The molecule has 0 aliphatic carbocycles.